The highest BCUT2D eigenvalue weighted by Crippen LogP contribution is 2.00. The van der Waals surface area contributed by atoms with Crippen LogP contribution in [0, 0.1) is 0 Å². The first kappa shape index (κ1) is 11.7. The Kier molecular flexibility index (Phi) is 3.87. The summed E-state index contributed by atoms with van der Waals surface area (Å²) in [7, 11) is -3.54. The zero-order chi connectivity index (χ0) is 11.3. The van der Waals surface area contributed by atoms with Crippen LogP contribution < -0.4 is 4.72 Å². The summed E-state index contributed by atoms with van der Waals surface area (Å²) in [6.45, 7) is 0.0367. The predicted molar refractivity (Wildman–Crippen MR) is 51.6 cm³/mol. The Morgan fingerprint density at radius 2 is 2.27 bits per heavy atom. The van der Waals surface area contributed by atoms with Crippen molar-refractivity contribution in [2.24, 2.45) is 0 Å². The highest BCUT2D eigenvalue weighted by Gasteiger charge is 2.12. The van der Waals surface area contributed by atoms with E-state index in [0.29, 0.717) is 5.76 Å². The lowest BCUT2D eigenvalue weighted by molar-refractivity contribution is -0.136. The zero-order valence-electron chi connectivity index (χ0n) is 7.84. The molecule has 0 unspecified atom stereocenters. The van der Waals surface area contributed by atoms with E-state index >= 15 is 0 Å². The van der Waals surface area contributed by atoms with Gasteiger partial charge in [-0.15, -0.1) is 0 Å². The second-order valence-electron chi connectivity index (χ2n) is 2.86. The van der Waals surface area contributed by atoms with Crippen LogP contribution in [0.3, 0.4) is 0 Å². The minimum absolute atomic E-state index is 0.0367. The first-order valence-corrected chi connectivity index (χ1v) is 5.86. The molecule has 84 valence electrons. The summed E-state index contributed by atoms with van der Waals surface area (Å²) in [4.78, 5) is 10.2. The van der Waals surface area contributed by atoms with Crippen LogP contribution in [0.2, 0.25) is 0 Å². The molecule has 0 bridgehead atoms. The standard InChI is InChI=1S/C8H11NO5S/c10-8(11)3-5-15(12,13)9-6-7-2-1-4-14-7/h1-2,4,9H,3,5-6H2,(H,10,11). The van der Waals surface area contributed by atoms with Crippen LogP contribution in [0.5, 0.6) is 0 Å². The maximum Gasteiger partial charge on any atom is 0.304 e. The molecule has 0 radical (unpaired) electrons. The van der Waals surface area contributed by atoms with Crippen molar-refractivity contribution in [3.63, 3.8) is 0 Å². The SMILES string of the molecule is O=C(O)CCS(=O)(=O)NCc1ccco1. The lowest BCUT2D eigenvalue weighted by atomic mass is 10.5. The van der Waals surface area contributed by atoms with Crippen LogP contribution in [-0.2, 0) is 21.4 Å². The second kappa shape index (κ2) is 4.94. The number of sulfonamides is 1. The Morgan fingerprint density at radius 1 is 1.53 bits per heavy atom. The average Bonchev–Trinajstić information content (AvgIpc) is 2.65. The summed E-state index contributed by atoms with van der Waals surface area (Å²) in [5.41, 5.74) is 0. The molecule has 0 atom stereocenters. The summed E-state index contributed by atoms with van der Waals surface area (Å²) in [5, 5.41) is 8.32. The molecule has 6 nitrogen and oxygen atoms in total. The number of carbonyl (C=O) groups is 1. The molecule has 0 aliphatic heterocycles. The molecule has 0 aromatic carbocycles. The monoisotopic (exact) mass is 233 g/mol. The molecule has 15 heavy (non-hydrogen) atoms. The molecule has 1 heterocycles. The first-order chi connectivity index (χ1) is 6.99. The van der Waals surface area contributed by atoms with E-state index in [-0.39, 0.29) is 6.54 Å². The van der Waals surface area contributed by atoms with E-state index in [0.717, 1.165) is 0 Å². The van der Waals surface area contributed by atoms with Crippen molar-refractivity contribution >= 4 is 16.0 Å². The van der Waals surface area contributed by atoms with Crippen molar-refractivity contribution in [1.82, 2.24) is 4.72 Å². The van der Waals surface area contributed by atoms with Gasteiger partial charge in [-0.3, -0.25) is 4.79 Å². The van der Waals surface area contributed by atoms with Gasteiger partial charge in [0.05, 0.1) is 25.0 Å². The number of carboxylic acids is 1. The summed E-state index contributed by atoms with van der Waals surface area (Å²) in [5.74, 6) is -1.09. The zero-order valence-corrected chi connectivity index (χ0v) is 8.66. The van der Waals surface area contributed by atoms with Crippen molar-refractivity contribution in [2.75, 3.05) is 5.75 Å². The van der Waals surface area contributed by atoms with Gasteiger partial charge in [-0.05, 0) is 12.1 Å². The summed E-state index contributed by atoms with van der Waals surface area (Å²) in [6.07, 6.45) is 1.02. The molecule has 1 rings (SSSR count). The number of rotatable bonds is 6. The van der Waals surface area contributed by atoms with Gasteiger partial charge < -0.3 is 9.52 Å². The smallest absolute Gasteiger partial charge is 0.304 e. The van der Waals surface area contributed by atoms with Gasteiger partial charge in [0.15, 0.2) is 0 Å². The maximum absolute atomic E-state index is 11.2. The highest BCUT2D eigenvalue weighted by atomic mass is 32.2. The molecule has 0 saturated carbocycles. The van der Waals surface area contributed by atoms with Gasteiger partial charge in [0, 0.05) is 0 Å². The van der Waals surface area contributed by atoms with Gasteiger partial charge in [-0.1, -0.05) is 0 Å². The first-order valence-electron chi connectivity index (χ1n) is 4.21. The third-order valence-corrected chi connectivity index (χ3v) is 2.96. The fraction of sp³-hybridized carbons (Fsp3) is 0.375. The number of hydrogen-bond acceptors (Lipinski definition) is 4. The largest absolute Gasteiger partial charge is 0.481 e. The maximum atomic E-state index is 11.2. The van der Waals surface area contributed by atoms with E-state index in [2.05, 4.69) is 4.72 Å². The van der Waals surface area contributed by atoms with Crippen molar-refractivity contribution < 1.29 is 22.7 Å². The van der Waals surface area contributed by atoms with Crippen molar-refractivity contribution in [3.8, 4) is 0 Å². The Balaban J connectivity index is 2.40. The molecule has 2 N–H and O–H groups in total. The highest BCUT2D eigenvalue weighted by molar-refractivity contribution is 7.89. The van der Waals surface area contributed by atoms with Crippen LogP contribution in [0.15, 0.2) is 22.8 Å². The molecular formula is C8H11NO5S. The lowest BCUT2D eigenvalue weighted by Crippen LogP contribution is -2.26. The third kappa shape index (κ3) is 4.61. The molecule has 0 saturated heterocycles. The Morgan fingerprint density at radius 3 is 2.80 bits per heavy atom. The predicted octanol–water partition coefficient (Wildman–Crippen LogP) is 0.174. The second-order valence-corrected chi connectivity index (χ2v) is 4.79. The van der Waals surface area contributed by atoms with Crippen molar-refractivity contribution in [1.29, 1.82) is 0 Å². The molecular weight excluding hydrogens is 222 g/mol. The van der Waals surface area contributed by atoms with Crippen LogP contribution in [0.25, 0.3) is 0 Å². The van der Waals surface area contributed by atoms with E-state index in [1.807, 2.05) is 0 Å². The quantitative estimate of drug-likeness (QED) is 0.730. The topological polar surface area (TPSA) is 96.6 Å². The fourth-order valence-corrected chi connectivity index (χ4v) is 1.84. The minimum atomic E-state index is -3.54. The van der Waals surface area contributed by atoms with Gasteiger partial charge in [0.2, 0.25) is 10.0 Å². The molecule has 7 heteroatoms. The summed E-state index contributed by atoms with van der Waals surface area (Å²) in [6, 6.07) is 3.26. The van der Waals surface area contributed by atoms with Crippen LogP contribution in [0.4, 0.5) is 0 Å². The molecule has 0 aliphatic carbocycles. The van der Waals surface area contributed by atoms with Gasteiger partial charge in [0.1, 0.15) is 5.76 Å². The van der Waals surface area contributed by atoms with Gasteiger partial charge in [0.25, 0.3) is 0 Å². The summed E-state index contributed by atoms with van der Waals surface area (Å²) < 4.78 is 29.6. The molecule has 0 fully saturated rings. The molecule has 0 spiro atoms. The van der Waals surface area contributed by atoms with E-state index < -0.39 is 28.2 Å². The van der Waals surface area contributed by atoms with Gasteiger partial charge in [-0.25, -0.2) is 13.1 Å². The molecule has 1 aromatic rings. The Hall–Kier alpha value is -1.34. The van der Waals surface area contributed by atoms with E-state index in [1.165, 1.54) is 6.26 Å². The van der Waals surface area contributed by atoms with Crippen LogP contribution in [0.1, 0.15) is 12.2 Å². The third-order valence-electron chi connectivity index (χ3n) is 1.63. The van der Waals surface area contributed by atoms with Crippen LogP contribution in [-0.4, -0.2) is 25.2 Å². The van der Waals surface area contributed by atoms with E-state index in [4.69, 9.17) is 9.52 Å². The molecule has 0 aliphatic rings. The summed E-state index contributed by atoms with van der Waals surface area (Å²) >= 11 is 0. The molecule has 1 aromatic heterocycles. The average molecular weight is 233 g/mol. The van der Waals surface area contributed by atoms with Gasteiger partial charge >= 0.3 is 5.97 Å². The number of furan rings is 1. The van der Waals surface area contributed by atoms with E-state index in [1.54, 1.807) is 12.1 Å². The number of hydrogen-bond donors (Lipinski definition) is 2. The Labute approximate surface area is 87.0 Å². The number of nitrogens with one attached hydrogen (secondary N) is 1. The minimum Gasteiger partial charge on any atom is -0.481 e. The number of aliphatic carboxylic acids is 1. The van der Waals surface area contributed by atoms with Crippen molar-refractivity contribution in [2.45, 2.75) is 13.0 Å². The molecule has 0 amide bonds. The van der Waals surface area contributed by atoms with Crippen molar-refractivity contribution in [3.05, 3.63) is 24.2 Å². The Bertz CT molecular complexity index is 408. The normalized spacial score (nSPS) is 11.5. The fourth-order valence-electron chi connectivity index (χ4n) is 0.888. The van der Waals surface area contributed by atoms with E-state index in [9.17, 15) is 13.2 Å². The number of carboxylic acid groups (broad SMARTS) is 1. The lowest BCUT2D eigenvalue weighted by Gasteiger charge is -2.02. The van der Waals surface area contributed by atoms with Crippen LogP contribution >= 0.6 is 0 Å². The van der Waals surface area contributed by atoms with Gasteiger partial charge in [-0.2, -0.15) is 0 Å².